The standard InChI is InChI=1S/C14H13IN2O2/c15-12-3-1-2-10(8-12)9-19-13-6-4-11(5-7-13)14(18)17-16/h1-8H,9,16H2,(H,17,18). The molecule has 0 aromatic heterocycles. The average Bonchev–Trinajstić information content (AvgIpc) is 2.45. The highest BCUT2D eigenvalue weighted by Gasteiger charge is 2.03. The fraction of sp³-hybridized carbons (Fsp3) is 0.0714. The second-order valence-electron chi connectivity index (χ2n) is 3.92. The fourth-order valence-electron chi connectivity index (χ4n) is 1.58. The summed E-state index contributed by atoms with van der Waals surface area (Å²) in [6.07, 6.45) is 0. The molecule has 0 aliphatic carbocycles. The number of carbonyl (C=O) groups is 1. The van der Waals surface area contributed by atoms with Crippen molar-refractivity contribution in [3.8, 4) is 5.75 Å². The zero-order valence-corrected chi connectivity index (χ0v) is 12.3. The molecule has 0 bridgehead atoms. The number of rotatable bonds is 4. The largest absolute Gasteiger partial charge is 0.489 e. The van der Waals surface area contributed by atoms with Crippen molar-refractivity contribution < 1.29 is 9.53 Å². The molecule has 3 N–H and O–H groups in total. The number of nitrogens with one attached hydrogen (secondary N) is 1. The first-order valence-corrected chi connectivity index (χ1v) is 6.75. The van der Waals surface area contributed by atoms with Crippen LogP contribution in [0, 0.1) is 3.57 Å². The molecule has 19 heavy (non-hydrogen) atoms. The lowest BCUT2D eigenvalue weighted by molar-refractivity contribution is 0.0953. The van der Waals surface area contributed by atoms with Gasteiger partial charge in [0.2, 0.25) is 0 Å². The summed E-state index contributed by atoms with van der Waals surface area (Å²) < 4.78 is 6.82. The van der Waals surface area contributed by atoms with Gasteiger partial charge in [-0.2, -0.15) is 0 Å². The molecule has 2 aromatic rings. The number of amides is 1. The highest BCUT2D eigenvalue weighted by Crippen LogP contribution is 2.15. The number of ether oxygens (including phenoxy) is 1. The number of halogens is 1. The third-order valence-corrected chi connectivity index (χ3v) is 3.21. The third kappa shape index (κ3) is 3.93. The molecule has 98 valence electrons. The van der Waals surface area contributed by atoms with E-state index in [2.05, 4.69) is 34.1 Å². The molecular weight excluding hydrogens is 355 g/mol. The number of hydrazine groups is 1. The van der Waals surface area contributed by atoms with Crippen molar-refractivity contribution in [3.05, 3.63) is 63.2 Å². The second-order valence-corrected chi connectivity index (χ2v) is 5.16. The Balaban J connectivity index is 1.98. The zero-order chi connectivity index (χ0) is 13.7. The molecule has 0 unspecified atom stereocenters. The minimum absolute atomic E-state index is 0.316. The van der Waals surface area contributed by atoms with Gasteiger partial charge in [0.25, 0.3) is 5.91 Å². The molecule has 0 heterocycles. The van der Waals surface area contributed by atoms with Crippen LogP contribution < -0.4 is 16.0 Å². The molecule has 0 fully saturated rings. The van der Waals surface area contributed by atoms with Crippen LogP contribution in [0.3, 0.4) is 0 Å². The van der Waals surface area contributed by atoms with Gasteiger partial charge < -0.3 is 4.74 Å². The summed E-state index contributed by atoms with van der Waals surface area (Å²) in [6, 6.07) is 14.9. The lowest BCUT2D eigenvalue weighted by atomic mass is 10.2. The SMILES string of the molecule is NNC(=O)c1ccc(OCc2cccc(I)c2)cc1. The van der Waals surface area contributed by atoms with Crippen molar-refractivity contribution in [2.75, 3.05) is 0 Å². The Morgan fingerprint density at radius 2 is 1.95 bits per heavy atom. The number of benzene rings is 2. The lowest BCUT2D eigenvalue weighted by Gasteiger charge is -2.07. The summed E-state index contributed by atoms with van der Waals surface area (Å²) >= 11 is 2.26. The van der Waals surface area contributed by atoms with Crippen LogP contribution in [0.4, 0.5) is 0 Å². The van der Waals surface area contributed by atoms with E-state index in [1.165, 1.54) is 3.57 Å². The summed E-state index contributed by atoms with van der Waals surface area (Å²) in [5.74, 6) is 5.46. The number of carbonyl (C=O) groups excluding carboxylic acids is 1. The summed E-state index contributed by atoms with van der Waals surface area (Å²) in [4.78, 5) is 11.3. The van der Waals surface area contributed by atoms with Gasteiger partial charge in [0.1, 0.15) is 12.4 Å². The number of nitrogen functional groups attached to an aromatic ring is 1. The monoisotopic (exact) mass is 368 g/mol. The van der Waals surface area contributed by atoms with Gasteiger partial charge in [0.15, 0.2) is 0 Å². The number of nitrogens with two attached hydrogens (primary N) is 1. The summed E-state index contributed by atoms with van der Waals surface area (Å²) in [7, 11) is 0. The van der Waals surface area contributed by atoms with Gasteiger partial charge in [0, 0.05) is 9.13 Å². The Kier molecular flexibility index (Phi) is 4.75. The van der Waals surface area contributed by atoms with Gasteiger partial charge >= 0.3 is 0 Å². The van der Waals surface area contributed by atoms with Crippen molar-refractivity contribution in [1.29, 1.82) is 0 Å². The first-order chi connectivity index (χ1) is 9.19. The lowest BCUT2D eigenvalue weighted by Crippen LogP contribution is -2.29. The first-order valence-electron chi connectivity index (χ1n) is 5.67. The number of hydrogen-bond acceptors (Lipinski definition) is 3. The van der Waals surface area contributed by atoms with Crippen LogP contribution in [0.2, 0.25) is 0 Å². The third-order valence-electron chi connectivity index (χ3n) is 2.54. The van der Waals surface area contributed by atoms with Crippen molar-refractivity contribution in [2.45, 2.75) is 6.61 Å². The van der Waals surface area contributed by atoms with Gasteiger partial charge in [0.05, 0.1) is 0 Å². The van der Waals surface area contributed by atoms with Crippen LogP contribution in [-0.4, -0.2) is 5.91 Å². The minimum atomic E-state index is -0.316. The molecule has 0 spiro atoms. The van der Waals surface area contributed by atoms with Crippen LogP contribution in [0.25, 0.3) is 0 Å². The van der Waals surface area contributed by atoms with Gasteiger partial charge in [-0.15, -0.1) is 0 Å². The Hall–Kier alpha value is -1.60. The van der Waals surface area contributed by atoms with Crippen molar-refractivity contribution in [2.24, 2.45) is 5.84 Å². The smallest absolute Gasteiger partial charge is 0.265 e. The van der Waals surface area contributed by atoms with Crippen LogP contribution >= 0.6 is 22.6 Å². The van der Waals surface area contributed by atoms with E-state index in [4.69, 9.17) is 10.6 Å². The predicted molar refractivity (Wildman–Crippen MR) is 81.6 cm³/mol. The van der Waals surface area contributed by atoms with Crippen LogP contribution in [0.1, 0.15) is 15.9 Å². The van der Waals surface area contributed by atoms with Crippen molar-refractivity contribution >= 4 is 28.5 Å². The van der Waals surface area contributed by atoms with Crippen LogP contribution in [0.5, 0.6) is 5.75 Å². The molecule has 0 aliphatic heterocycles. The van der Waals surface area contributed by atoms with E-state index in [9.17, 15) is 4.79 Å². The molecule has 2 aromatic carbocycles. The van der Waals surface area contributed by atoms with E-state index in [-0.39, 0.29) is 5.91 Å². The Morgan fingerprint density at radius 3 is 2.58 bits per heavy atom. The van der Waals surface area contributed by atoms with Crippen LogP contribution in [-0.2, 0) is 6.61 Å². The second kappa shape index (κ2) is 6.53. The first kappa shape index (κ1) is 13.8. The molecule has 0 saturated carbocycles. The van der Waals surface area contributed by atoms with E-state index in [1.807, 2.05) is 18.2 Å². The summed E-state index contributed by atoms with van der Waals surface area (Å²) in [6.45, 7) is 0.499. The predicted octanol–water partition coefficient (Wildman–Crippen LogP) is 2.47. The highest BCUT2D eigenvalue weighted by molar-refractivity contribution is 14.1. The zero-order valence-electron chi connectivity index (χ0n) is 10.1. The molecule has 0 aliphatic rings. The van der Waals surface area contributed by atoms with Crippen molar-refractivity contribution in [1.82, 2.24) is 5.43 Å². The molecule has 0 radical (unpaired) electrons. The topological polar surface area (TPSA) is 64.3 Å². The fourth-order valence-corrected chi connectivity index (χ4v) is 2.19. The summed E-state index contributed by atoms with van der Waals surface area (Å²) in [5, 5.41) is 0. The van der Waals surface area contributed by atoms with E-state index in [0.29, 0.717) is 17.9 Å². The molecule has 1 amide bonds. The maximum atomic E-state index is 11.3. The Bertz CT molecular complexity index is 570. The molecule has 0 saturated heterocycles. The normalized spacial score (nSPS) is 10.0. The summed E-state index contributed by atoms with van der Waals surface area (Å²) in [5.41, 5.74) is 3.70. The van der Waals surface area contributed by atoms with E-state index >= 15 is 0 Å². The molecule has 2 rings (SSSR count). The van der Waals surface area contributed by atoms with Crippen molar-refractivity contribution in [3.63, 3.8) is 0 Å². The van der Waals surface area contributed by atoms with Gasteiger partial charge in [-0.05, 0) is 64.6 Å². The van der Waals surface area contributed by atoms with Crippen LogP contribution in [0.15, 0.2) is 48.5 Å². The molecule has 4 nitrogen and oxygen atoms in total. The average molecular weight is 368 g/mol. The van der Waals surface area contributed by atoms with Gasteiger partial charge in [-0.1, -0.05) is 12.1 Å². The highest BCUT2D eigenvalue weighted by atomic mass is 127. The quantitative estimate of drug-likeness (QED) is 0.377. The Morgan fingerprint density at radius 1 is 1.21 bits per heavy atom. The molecule has 0 atom stereocenters. The number of hydrogen-bond donors (Lipinski definition) is 2. The van der Waals surface area contributed by atoms with E-state index in [1.54, 1.807) is 24.3 Å². The Labute approximate surface area is 125 Å². The van der Waals surface area contributed by atoms with E-state index < -0.39 is 0 Å². The minimum Gasteiger partial charge on any atom is -0.489 e. The maximum absolute atomic E-state index is 11.3. The molecule has 5 heteroatoms. The van der Waals surface area contributed by atoms with Gasteiger partial charge in [-0.3, -0.25) is 10.2 Å². The van der Waals surface area contributed by atoms with Gasteiger partial charge in [-0.25, -0.2) is 5.84 Å². The maximum Gasteiger partial charge on any atom is 0.265 e. The molecular formula is C14H13IN2O2. The van der Waals surface area contributed by atoms with E-state index in [0.717, 1.165) is 5.56 Å².